The number of carbonyl (C=O) groups excluding carboxylic acids is 1. The number of hydrogen-bond donors (Lipinski definition) is 1. The highest BCUT2D eigenvalue weighted by atomic mass is 32.2. The van der Waals surface area contributed by atoms with Crippen LogP contribution in [0.15, 0.2) is 29.4 Å². The van der Waals surface area contributed by atoms with E-state index in [2.05, 4.69) is 41.7 Å². The van der Waals surface area contributed by atoms with Crippen LogP contribution in [0.25, 0.3) is 0 Å². The second-order valence-electron chi connectivity index (χ2n) is 5.61. The number of rotatable bonds is 5. The summed E-state index contributed by atoms with van der Waals surface area (Å²) in [5, 5.41) is 4.28. The van der Waals surface area contributed by atoms with Crippen LogP contribution in [0.1, 0.15) is 49.7 Å². The summed E-state index contributed by atoms with van der Waals surface area (Å²) in [5.41, 5.74) is 6.38. The zero-order chi connectivity index (χ0) is 14.9. The molecule has 1 aromatic carbocycles. The average Bonchev–Trinajstić information content (AvgIpc) is 2.76. The summed E-state index contributed by atoms with van der Waals surface area (Å²) in [7, 11) is 0. The molecule has 0 aliphatic heterocycles. The number of hydrazone groups is 1. The molecule has 1 fully saturated rings. The second kappa shape index (κ2) is 8.88. The van der Waals surface area contributed by atoms with Gasteiger partial charge in [-0.3, -0.25) is 4.79 Å². The number of carbonyl (C=O) groups is 1. The fourth-order valence-electron chi connectivity index (χ4n) is 2.37. The summed E-state index contributed by atoms with van der Waals surface area (Å²) in [6, 6.07) is 8.44. The van der Waals surface area contributed by atoms with Crippen LogP contribution < -0.4 is 5.43 Å². The summed E-state index contributed by atoms with van der Waals surface area (Å²) in [4.78, 5) is 11.8. The molecule has 0 bridgehead atoms. The molecular weight excluding hydrogens is 280 g/mol. The van der Waals surface area contributed by atoms with E-state index >= 15 is 0 Å². The Morgan fingerprint density at radius 3 is 2.48 bits per heavy atom. The zero-order valence-electron chi connectivity index (χ0n) is 12.7. The molecule has 21 heavy (non-hydrogen) atoms. The molecule has 1 N–H and O–H groups in total. The molecule has 3 nitrogen and oxygen atoms in total. The van der Waals surface area contributed by atoms with Gasteiger partial charge in [0.1, 0.15) is 0 Å². The zero-order valence-corrected chi connectivity index (χ0v) is 13.5. The Kier molecular flexibility index (Phi) is 6.80. The molecule has 0 unspecified atom stereocenters. The van der Waals surface area contributed by atoms with Gasteiger partial charge in [0.15, 0.2) is 0 Å². The van der Waals surface area contributed by atoms with Crippen molar-refractivity contribution in [2.24, 2.45) is 5.10 Å². The van der Waals surface area contributed by atoms with Crippen molar-refractivity contribution in [3.05, 3.63) is 35.4 Å². The van der Waals surface area contributed by atoms with Crippen molar-refractivity contribution in [3.63, 3.8) is 0 Å². The fraction of sp³-hybridized carbons (Fsp3) is 0.529. The molecule has 0 aromatic heterocycles. The number of nitrogens with zero attached hydrogens (tertiary/aromatic N) is 1. The second-order valence-corrected chi connectivity index (χ2v) is 6.59. The topological polar surface area (TPSA) is 41.5 Å². The molecule has 1 saturated carbocycles. The molecule has 2 rings (SSSR count). The van der Waals surface area contributed by atoms with E-state index < -0.39 is 0 Å². The van der Waals surface area contributed by atoms with Crippen molar-refractivity contribution in [3.8, 4) is 0 Å². The van der Waals surface area contributed by atoms with Crippen LogP contribution in [-0.2, 0) is 10.5 Å². The van der Waals surface area contributed by atoms with Crippen LogP contribution in [0.5, 0.6) is 0 Å². The van der Waals surface area contributed by atoms with Gasteiger partial charge in [0, 0.05) is 11.5 Å². The Balaban J connectivity index is 1.67. The maximum Gasteiger partial charge on any atom is 0.250 e. The predicted molar refractivity (Wildman–Crippen MR) is 90.6 cm³/mol. The molecule has 1 amide bonds. The highest BCUT2D eigenvalue weighted by Crippen LogP contribution is 2.15. The molecule has 4 heteroatoms. The molecule has 1 aliphatic carbocycles. The Bertz CT molecular complexity index is 472. The van der Waals surface area contributed by atoms with Crippen molar-refractivity contribution < 1.29 is 4.79 Å². The number of amides is 1. The van der Waals surface area contributed by atoms with Crippen molar-refractivity contribution >= 4 is 23.4 Å². The summed E-state index contributed by atoms with van der Waals surface area (Å²) in [5.74, 6) is 1.33. The van der Waals surface area contributed by atoms with Gasteiger partial charge in [-0.05, 0) is 38.2 Å². The highest BCUT2D eigenvalue weighted by Gasteiger charge is 2.07. The van der Waals surface area contributed by atoms with E-state index in [1.54, 1.807) is 11.8 Å². The minimum Gasteiger partial charge on any atom is -0.272 e. The highest BCUT2D eigenvalue weighted by molar-refractivity contribution is 7.99. The molecule has 0 spiro atoms. The smallest absolute Gasteiger partial charge is 0.250 e. The van der Waals surface area contributed by atoms with E-state index in [0.29, 0.717) is 5.75 Å². The van der Waals surface area contributed by atoms with Gasteiger partial charge in [-0.2, -0.15) is 5.10 Å². The first-order valence-corrected chi connectivity index (χ1v) is 8.87. The molecule has 0 radical (unpaired) electrons. The summed E-state index contributed by atoms with van der Waals surface area (Å²) in [6.45, 7) is 2.08. The van der Waals surface area contributed by atoms with Crippen LogP contribution in [-0.4, -0.2) is 17.4 Å². The van der Waals surface area contributed by atoms with Gasteiger partial charge in [-0.1, -0.05) is 42.7 Å². The van der Waals surface area contributed by atoms with E-state index in [4.69, 9.17) is 0 Å². The van der Waals surface area contributed by atoms with Crippen LogP contribution in [0, 0.1) is 6.92 Å². The van der Waals surface area contributed by atoms with E-state index in [-0.39, 0.29) is 5.91 Å². The lowest BCUT2D eigenvalue weighted by Crippen LogP contribution is -2.21. The molecule has 0 heterocycles. The summed E-state index contributed by atoms with van der Waals surface area (Å²) in [6.07, 6.45) is 7.07. The summed E-state index contributed by atoms with van der Waals surface area (Å²) >= 11 is 1.63. The Hall–Kier alpha value is -1.29. The lowest BCUT2D eigenvalue weighted by molar-refractivity contribution is -0.118. The average molecular weight is 304 g/mol. The first-order valence-electron chi connectivity index (χ1n) is 7.71. The van der Waals surface area contributed by atoms with Gasteiger partial charge in [-0.25, -0.2) is 5.43 Å². The Morgan fingerprint density at radius 2 is 1.81 bits per heavy atom. The molecular formula is C17H24N2OS. The Labute approximate surface area is 131 Å². The van der Waals surface area contributed by atoms with Crippen molar-refractivity contribution in [1.29, 1.82) is 0 Å². The van der Waals surface area contributed by atoms with Crippen LogP contribution in [0.3, 0.4) is 0 Å². The van der Waals surface area contributed by atoms with Gasteiger partial charge in [0.25, 0.3) is 0 Å². The molecule has 1 aliphatic rings. The number of aryl methyl sites for hydroxylation is 1. The maximum atomic E-state index is 11.8. The quantitative estimate of drug-likeness (QED) is 0.658. The fourth-order valence-corrected chi connectivity index (χ4v) is 3.15. The lowest BCUT2D eigenvalue weighted by Gasteiger charge is -2.04. The minimum atomic E-state index is 0.00357. The maximum absolute atomic E-state index is 11.8. The third kappa shape index (κ3) is 6.34. The van der Waals surface area contributed by atoms with Gasteiger partial charge in [0.05, 0.1) is 5.75 Å². The standard InChI is InChI=1S/C17H24N2OS/c1-14-8-10-15(11-9-14)12-21-13-17(20)19-18-16-6-4-2-3-5-7-16/h8-11H,2-7,12-13H2,1H3,(H,19,20). The normalized spacial score (nSPS) is 15.4. The molecule has 0 atom stereocenters. The van der Waals surface area contributed by atoms with E-state index in [1.807, 2.05) is 0 Å². The third-order valence-corrected chi connectivity index (χ3v) is 4.65. The number of hydrogen-bond acceptors (Lipinski definition) is 3. The molecule has 1 aromatic rings. The summed E-state index contributed by atoms with van der Waals surface area (Å²) < 4.78 is 0. The first kappa shape index (κ1) is 16.1. The van der Waals surface area contributed by atoms with Crippen molar-refractivity contribution in [2.45, 2.75) is 51.2 Å². The number of nitrogens with one attached hydrogen (secondary N) is 1. The van der Waals surface area contributed by atoms with Gasteiger partial charge in [0.2, 0.25) is 5.91 Å². The van der Waals surface area contributed by atoms with Gasteiger partial charge >= 0.3 is 0 Å². The van der Waals surface area contributed by atoms with E-state index in [1.165, 1.54) is 36.8 Å². The van der Waals surface area contributed by atoms with Gasteiger partial charge < -0.3 is 0 Å². The van der Waals surface area contributed by atoms with Crippen LogP contribution >= 0.6 is 11.8 Å². The van der Waals surface area contributed by atoms with Crippen LogP contribution in [0.2, 0.25) is 0 Å². The van der Waals surface area contributed by atoms with E-state index in [0.717, 1.165) is 24.3 Å². The number of benzene rings is 1. The monoisotopic (exact) mass is 304 g/mol. The SMILES string of the molecule is Cc1ccc(CSCC(=O)NN=C2CCCCCC2)cc1. The van der Waals surface area contributed by atoms with Crippen molar-refractivity contribution in [1.82, 2.24) is 5.43 Å². The number of thioether (sulfide) groups is 1. The van der Waals surface area contributed by atoms with Crippen molar-refractivity contribution in [2.75, 3.05) is 5.75 Å². The van der Waals surface area contributed by atoms with Crippen LogP contribution in [0.4, 0.5) is 0 Å². The predicted octanol–water partition coefficient (Wildman–Crippen LogP) is 4.05. The lowest BCUT2D eigenvalue weighted by atomic mass is 10.2. The minimum absolute atomic E-state index is 0.00357. The largest absolute Gasteiger partial charge is 0.272 e. The molecule has 114 valence electrons. The van der Waals surface area contributed by atoms with E-state index in [9.17, 15) is 4.79 Å². The molecule has 0 saturated heterocycles. The first-order chi connectivity index (χ1) is 10.2. The Morgan fingerprint density at radius 1 is 1.14 bits per heavy atom. The van der Waals surface area contributed by atoms with Gasteiger partial charge in [-0.15, -0.1) is 11.8 Å². The third-order valence-electron chi connectivity index (χ3n) is 3.64.